The smallest absolute Gasteiger partial charge is 0.329 e. The second-order valence-corrected chi connectivity index (χ2v) is 9.09. The number of nitrogens with zero attached hydrogens (tertiary/aromatic N) is 3. The van der Waals surface area contributed by atoms with E-state index in [0.29, 0.717) is 35.6 Å². The Kier molecular flexibility index (Phi) is 6.69. The molecule has 0 saturated carbocycles. The van der Waals surface area contributed by atoms with Crippen LogP contribution in [0.5, 0.6) is 0 Å². The van der Waals surface area contributed by atoms with Gasteiger partial charge in [-0.25, -0.2) is 9.48 Å². The Hall–Kier alpha value is -3.66. The Morgan fingerprint density at radius 2 is 1.88 bits per heavy atom. The maximum Gasteiger partial charge on any atom is 0.329 e. The highest BCUT2D eigenvalue weighted by molar-refractivity contribution is 7.12. The van der Waals surface area contributed by atoms with Gasteiger partial charge in [0.05, 0.1) is 16.3 Å². The van der Waals surface area contributed by atoms with Crippen LogP contribution in [-0.2, 0) is 21.4 Å². The molecule has 1 fully saturated rings. The lowest BCUT2D eigenvalue weighted by atomic mass is 10.2. The number of hydrogen-bond acceptors (Lipinski definition) is 6. The van der Waals surface area contributed by atoms with Crippen molar-refractivity contribution in [1.82, 2.24) is 14.3 Å². The number of anilines is 1. The van der Waals surface area contributed by atoms with E-state index in [1.807, 2.05) is 18.2 Å². The van der Waals surface area contributed by atoms with Gasteiger partial charge in [0, 0.05) is 13.6 Å². The first-order valence-electron chi connectivity index (χ1n) is 11.0. The second-order valence-electron chi connectivity index (χ2n) is 8.14. The number of carbonyl (C=O) groups excluding carboxylic acids is 3. The number of esters is 1. The molecule has 1 N–H and O–H groups in total. The van der Waals surface area contributed by atoms with Crippen molar-refractivity contribution in [2.75, 3.05) is 11.9 Å². The van der Waals surface area contributed by atoms with Crippen LogP contribution in [0.15, 0.2) is 52.6 Å². The topological polar surface area (TPSA) is 103 Å². The van der Waals surface area contributed by atoms with Crippen LogP contribution >= 0.6 is 11.3 Å². The van der Waals surface area contributed by atoms with Crippen LogP contribution < -0.4 is 10.9 Å². The molecule has 9 nitrogen and oxygen atoms in total. The van der Waals surface area contributed by atoms with E-state index in [1.165, 1.54) is 27.8 Å². The van der Waals surface area contributed by atoms with Crippen molar-refractivity contribution in [3.63, 3.8) is 0 Å². The zero-order chi connectivity index (χ0) is 24.4. The van der Waals surface area contributed by atoms with Crippen molar-refractivity contribution in [2.45, 2.75) is 38.8 Å². The normalized spacial score (nSPS) is 16.3. The van der Waals surface area contributed by atoms with Gasteiger partial charge >= 0.3 is 5.97 Å². The van der Waals surface area contributed by atoms with Gasteiger partial charge < -0.3 is 15.0 Å². The van der Waals surface area contributed by atoms with E-state index in [2.05, 4.69) is 5.32 Å². The van der Waals surface area contributed by atoms with E-state index in [4.69, 9.17) is 4.74 Å². The maximum absolute atomic E-state index is 13.0. The lowest BCUT2D eigenvalue weighted by molar-refractivity contribution is -0.156. The molecule has 34 heavy (non-hydrogen) atoms. The minimum atomic E-state index is -1.14. The van der Waals surface area contributed by atoms with Gasteiger partial charge in [0.25, 0.3) is 17.4 Å². The van der Waals surface area contributed by atoms with Gasteiger partial charge in [0.15, 0.2) is 6.10 Å². The summed E-state index contributed by atoms with van der Waals surface area (Å²) in [6.45, 7) is 3.63. The van der Waals surface area contributed by atoms with Gasteiger partial charge in [-0.3, -0.25) is 19.1 Å². The number of likely N-dealkylation sites (tertiary alicyclic amines) is 1. The number of amides is 2. The number of ether oxygens (including phenoxy) is 1. The van der Waals surface area contributed by atoms with Crippen LogP contribution in [0, 0.1) is 6.92 Å². The largest absolute Gasteiger partial charge is 0.451 e. The first-order valence-corrected chi connectivity index (χ1v) is 11.9. The number of nitrogens with one attached hydrogen (secondary N) is 1. The quantitative estimate of drug-likeness (QED) is 0.545. The van der Waals surface area contributed by atoms with Crippen molar-refractivity contribution in [2.24, 2.45) is 7.05 Å². The van der Waals surface area contributed by atoms with E-state index in [0.717, 1.165) is 0 Å². The van der Waals surface area contributed by atoms with Gasteiger partial charge in [-0.1, -0.05) is 24.3 Å². The number of aromatic nitrogens is 2. The average Bonchev–Trinajstić information content (AvgIpc) is 3.57. The Bertz CT molecular complexity index is 1260. The molecule has 1 aliphatic heterocycles. The number of para-hydroxylation sites is 1. The van der Waals surface area contributed by atoms with Crippen LogP contribution in [0.1, 0.15) is 35.1 Å². The van der Waals surface area contributed by atoms with Gasteiger partial charge in [-0.2, -0.15) is 0 Å². The molecule has 1 unspecified atom stereocenters. The first kappa shape index (κ1) is 23.5. The van der Waals surface area contributed by atoms with Gasteiger partial charge in [0.2, 0.25) is 0 Å². The molecule has 4 rings (SSSR count). The maximum atomic E-state index is 13.0. The lowest BCUT2D eigenvalue weighted by Gasteiger charge is -2.24. The van der Waals surface area contributed by atoms with Crippen LogP contribution in [0.25, 0.3) is 5.69 Å². The fourth-order valence-corrected chi connectivity index (χ4v) is 4.72. The molecule has 10 heteroatoms. The second kappa shape index (κ2) is 9.68. The number of carbonyl (C=O) groups is 3. The van der Waals surface area contributed by atoms with Gasteiger partial charge in [-0.05, 0) is 50.3 Å². The summed E-state index contributed by atoms with van der Waals surface area (Å²) >= 11 is 1.31. The molecule has 2 aromatic heterocycles. The summed E-state index contributed by atoms with van der Waals surface area (Å²) in [6, 6.07) is 11.8. The molecule has 0 radical (unpaired) electrons. The van der Waals surface area contributed by atoms with Crippen molar-refractivity contribution >= 4 is 34.8 Å². The average molecular weight is 483 g/mol. The van der Waals surface area contributed by atoms with Crippen LogP contribution in [-0.4, -0.2) is 50.7 Å². The first-order chi connectivity index (χ1) is 16.3. The van der Waals surface area contributed by atoms with Crippen molar-refractivity contribution in [3.8, 4) is 5.69 Å². The van der Waals surface area contributed by atoms with E-state index in [1.54, 1.807) is 48.3 Å². The fraction of sp³-hybridized carbons (Fsp3) is 0.333. The Morgan fingerprint density at radius 3 is 2.56 bits per heavy atom. The highest BCUT2D eigenvalue weighted by Crippen LogP contribution is 2.23. The molecule has 3 heterocycles. The van der Waals surface area contributed by atoms with Crippen molar-refractivity contribution < 1.29 is 19.1 Å². The summed E-state index contributed by atoms with van der Waals surface area (Å²) in [7, 11) is 1.72. The van der Waals surface area contributed by atoms with E-state index >= 15 is 0 Å². The summed E-state index contributed by atoms with van der Waals surface area (Å²) < 4.78 is 8.51. The van der Waals surface area contributed by atoms with E-state index in [-0.39, 0.29) is 17.2 Å². The van der Waals surface area contributed by atoms with Gasteiger partial charge in [0.1, 0.15) is 11.7 Å². The molecule has 0 spiro atoms. The van der Waals surface area contributed by atoms with Crippen LogP contribution in [0.4, 0.5) is 5.69 Å². The molecule has 2 amide bonds. The Labute approximate surface area is 200 Å². The van der Waals surface area contributed by atoms with E-state index in [9.17, 15) is 19.2 Å². The molecule has 2 atom stereocenters. The summed E-state index contributed by atoms with van der Waals surface area (Å²) in [5, 5.41) is 4.42. The lowest BCUT2D eigenvalue weighted by Crippen LogP contribution is -2.43. The number of rotatable bonds is 6. The summed E-state index contributed by atoms with van der Waals surface area (Å²) in [5.74, 6) is -1.46. The molecule has 0 bridgehead atoms. The third-order valence-corrected chi connectivity index (χ3v) is 6.84. The number of hydrogen-bond donors (Lipinski definition) is 1. The summed E-state index contributed by atoms with van der Waals surface area (Å²) in [6.07, 6.45) is 0.0137. The Morgan fingerprint density at radius 1 is 1.15 bits per heavy atom. The molecule has 1 aromatic carbocycles. The predicted molar refractivity (Wildman–Crippen MR) is 128 cm³/mol. The fourth-order valence-electron chi connectivity index (χ4n) is 4.04. The van der Waals surface area contributed by atoms with Gasteiger partial charge in [-0.15, -0.1) is 11.3 Å². The van der Waals surface area contributed by atoms with Crippen LogP contribution in [0.3, 0.4) is 0 Å². The highest BCUT2D eigenvalue weighted by atomic mass is 32.1. The zero-order valence-corrected chi connectivity index (χ0v) is 20.0. The number of thiophene rings is 1. The third-order valence-electron chi connectivity index (χ3n) is 5.98. The standard InChI is InChI=1S/C24H26N4O5S/c1-15-20(23(31)28(26(15)3)17-9-5-4-6-10-17)25-21(29)16(2)33-24(32)18-11-7-13-27(18)22(30)19-12-8-14-34-19/h4-6,8-10,12,14,16,18H,7,11,13H2,1-3H3,(H,25,29)/t16?,18-/m0/s1. The molecule has 0 aliphatic carbocycles. The van der Waals surface area contributed by atoms with Crippen LogP contribution in [0.2, 0.25) is 0 Å². The van der Waals surface area contributed by atoms with E-state index < -0.39 is 24.0 Å². The van der Waals surface area contributed by atoms with Crippen molar-refractivity contribution in [3.05, 3.63) is 68.8 Å². The molecule has 1 aliphatic rings. The Balaban J connectivity index is 1.45. The minimum absolute atomic E-state index is 0.120. The SMILES string of the molecule is Cc1c(NC(=O)C(C)OC(=O)[C@@H]2CCCN2C(=O)c2cccs2)c(=O)n(-c2ccccc2)n1C. The summed E-state index contributed by atoms with van der Waals surface area (Å²) in [4.78, 5) is 53.4. The highest BCUT2D eigenvalue weighted by Gasteiger charge is 2.37. The molecular weight excluding hydrogens is 456 g/mol. The summed E-state index contributed by atoms with van der Waals surface area (Å²) in [5.41, 5.74) is 0.954. The predicted octanol–water partition coefficient (Wildman–Crippen LogP) is 2.72. The molecule has 1 saturated heterocycles. The third kappa shape index (κ3) is 4.41. The van der Waals surface area contributed by atoms with Crippen molar-refractivity contribution in [1.29, 1.82) is 0 Å². The zero-order valence-electron chi connectivity index (χ0n) is 19.2. The molecule has 3 aromatic rings. The number of benzene rings is 1. The molecule has 178 valence electrons. The monoisotopic (exact) mass is 482 g/mol. The molecular formula is C24H26N4O5S. The minimum Gasteiger partial charge on any atom is -0.451 e.